The monoisotopic (exact) mass is 593 g/mol. The fraction of sp³-hybridized carbons (Fsp3) is 0.0909. The Morgan fingerprint density at radius 2 is 1.07 bits per heavy atom. The van der Waals surface area contributed by atoms with E-state index in [2.05, 4.69) is 177 Å². The third kappa shape index (κ3) is 4.74. The van der Waals surface area contributed by atoms with Crippen LogP contribution in [0.25, 0.3) is 55.0 Å². The van der Waals surface area contributed by atoms with Crippen LogP contribution in [-0.4, -0.2) is 0 Å². The van der Waals surface area contributed by atoms with Crippen LogP contribution < -0.4 is 4.90 Å². The highest BCUT2D eigenvalue weighted by Crippen LogP contribution is 2.47. The molecule has 0 aliphatic rings. The molecule has 1 aromatic heterocycles. The van der Waals surface area contributed by atoms with Gasteiger partial charge in [-0.3, -0.25) is 0 Å². The van der Waals surface area contributed by atoms with E-state index in [1.165, 1.54) is 38.6 Å². The van der Waals surface area contributed by atoms with Crippen molar-refractivity contribution in [3.8, 4) is 22.3 Å². The quantitative estimate of drug-likeness (QED) is 0.197. The molecule has 8 rings (SSSR count). The predicted octanol–water partition coefficient (Wildman–Crippen LogP) is 12.8. The second kappa shape index (κ2) is 11.1. The second-order valence-electron chi connectivity index (χ2n) is 13.0. The maximum Gasteiger partial charge on any atom is 0.137 e. The first-order chi connectivity index (χ1) is 22.5. The topological polar surface area (TPSA) is 16.4 Å². The molecule has 0 unspecified atom stereocenters. The highest BCUT2D eigenvalue weighted by atomic mass is 16.3. The minimum absolute atomic E-state index is 0.0544. The van der Waals surface area contributed by atoms with Gasteiger partial charge in [0.25, 0.3) is 0 Å². The molecule has 0 saturated carbocycles. The Balaban J connectivity index is 1.43. The molecule has 2 nitrogen and oxygen atoms in total. The summed E-state index contributed by atoms with van der Waals surface area (Å²) in [5.41, 5.74) is 11.2. The summed E-state index contributed by atoms with van der Waals surface area (Å²) in [6.07, 6.45) is 0. The van der Waals surface area contributed by atoms with Gasteiger partial charge in [0.2, 0.25) is 0 Å². The smallest absolute Gasteiger partial charge is 0.137 e. The summed E-state index contributed by atoms with van der Waals surface area (Å²) in [5, 5.41) is 4.69. The predicted molar refractivity (Wildman–Crippen MR) is 195 cm³/mol. The molecular formula is C44H35NO. The number of hydrogen-bond acceptors (Lipinski definition) is 2. The Morgan fingerprint density at radius 1 is 0.457 bits per heavy atom. The molecular weight excluding hydrogens is 558 g/mol. The van der Waals surface area contributed by atoms with Crippen molar-refractivity contribution >= 4 is 49.8 Å². The zero-order valence-electron chi connectivity index (χ0n) is 26.4. The summed E-state index contributed by atoms with van der Waals surface area (Å²) in [5.74, 6) is 0. The first kappa shape index (κ1) is 27.9. The van der Waals surface area contributed by atoms with E-state index >= 15 is 0 Å². The van der Waals surface area contributed by atoms with Crippen molar-refractivity contribution in [2.24, 2.45) is 0 Å². The van der Waals surface area contributed by atoms with Crippen LogP contribution in [0, 0.1) is 0 Å². The molecule has 0 amide bonds. The molecule has 1 heterocycles. The van der Waals surface area contributed by atoms with Crippen molar-refractivity contribution in [3.63, 3.8) is 0 Å². The molecule has 0 atom stereocenters. The van der Waals surface area contributed by atoms with Crippen molar-refractivity contribution in [2.75, 3.05) is 4.90 Å². The van der Waals surface area contributed by atoms with Crippen LogP contribution in [-0.2, 0) is 5.41 Å². The Labute approximate surface area is 270 Å². The molecule has 7 aromatic carbocycles. The fourth-order valence-corrected chi connectivity index (χ4v) is 6.78. The van der Waals surface area contributed by atoms with Gasteiger partial charge < -0.3 is 9.32 Å². The van der Waals surface area contributed by atoms with Crippen LogP contribution in [0.3, 0.4) is 0 Å². The standard InChI is InChI=1S/C44H35NO/c1-44(2,3)32-26-28-33(29-27-32)45(39-23-13-25-41-43(39)37-19-8-10-24-40(37)46-41)38-22-9-7-18-35(38)36-21-12-17-31-16-11-20-34(42(31)36)30-14-5-4-6-15-30/h4-29H,1-3H3. The largest absolute Gasteiger partial charge is 0.456 e. The maximum atomic E-state index is 6.39. The van der Waals surface area contributed by atoms with E-state index in [4.69, 9.17) is 4.42 Å². The van der Waals surface area contributed by atoms with Gasteiger partial charge in [-0.05, 0) is 74.8 Å². The Morgan fingerprint density at radius 3 is 1.85 bits per heavy atom. The summed E-state index contributed by atoms with van der Waals surface area (Å²) < 4.78 is 6.39. The van der Waals surface area contributed by atoms with Gasteiger partial charge in [0.1, 0.15) is 11.2 Å². The molecule has 2 heteroatoms. The number of nitrogens with zero attached hydrogens (tertiary/aromatic N) is 1. The third-order valence-electron chi connectivity index (χ3n) is 9.04. The number of furan rings is 1. The van der Waals surface area contributed by atoms with E-state index in [1.807, 2.05) is 6.07 Å². The lowest BCUT2D eigenvalue weighted by atomic mass is 9.87. The summed E-state index contributed by atoms with van der Waals surface area (Å²) in [7, 11) is 0. The molecule has 0 spiro atoms. The molecule has 46 heavy (non-hydrogen) atoms. The molecule has 8 aromatic rings. The molecule has 222 valence electrons. The molecule has 0 fully saturated rings. The lowest BCUT2D eigenvalue weighted by Crippen LogP contribution is -2.14. The Bertz CT molecular complexity index is 2330. The molecule has 0 bridgehead atoms. The molecule has 0 saturated heterocycles. The third-order valence-corrected chi connectivity index (χ3v) is 9.04. The van der Waals surface area contributed by atoms with Crippen LogP contribution in [0.2, 0.25) is 0 Å². The van der Waals surface area contributed by atoms with Crippen LogP contribution >= 0.6 is 0 Å². The van der Waals surface area contributed by atoms with E-state index in [1.54, 1.807) is 0 Å². The minimum atomic E-state index is 0.0544. The van der Waals surface area contributed by atoms with Crippen molar-refractivity contribution in [1.29, 1.82) is 0 Å². The first-order valence-electron chi connectivity index (χ1n) is 15.9. The maximum absolute atomic E-state index is 6.39. The van der Waals surface area contributed by atoms with E-state index in [9.17, 15) is 0 Å². The van der Waals surface area contributed by atoms with Gasteiger partial charge in [-0.2, -0.15) is 0 Å². The van der Waals surface area contributed by atoms with E-state index in [-0.39, 0.29) is 5.41 Å². The first-order valence-corrected chi connectivity index (χ1v) is 15.9. The van der Waals surface area contributed by atoms with Crippen LogP contribution in [0.5, 0.6) is 0 Å². The van der Waals surface area contributed by atoms with E-state index in [0.29, 0.717) is 0 Å². The van der Waals surface area contributed by atoms with Gasteiger partial charge in [0, 0.05) is 16.6 Å². The number of rotatable bonds is 5. The SMILES string of the molecule is CC(C)(C)c1ccc(N(c2ccccc2-c2cccc3cccc(-c4ccccc4)c23)c2cccc3oc4ccccc4c23)cc1. The van der Waals surface area contributed by atoms with Crippen molar-refractivity contribution in [2.45, 2.75) is 26.2 Å². The van der Waals surface area contributed by atoms with Gasteiger partial charge in [0.05, 0.1) is 16.8 Å². The fourth-order valence-electron chi connectivity index (χ4n) is 6.78. The molecule has 0 radical (unpaired) electrons. The van der Waals surface area contributed by atoms with Crippen LogP contribution in [0.4, 0.5) is 17.1 Å². The van der Waals surface area contributed by atoms with Gasteiger partial charge >= 0.3 is 0 Å². The van der Waals surface area contributed by atoms with Crippen LogP contribution in [0.15, 0.2) is 162 Å². The van der Waals surface area contributed by atoms with Gasteiger partial charge in [-0.15, -0.1) is 0 Å². The van der Waals surface area contributed by atoms with Gasteiger partial charge in [-0.25, -0.2) is 0 Å². The lowest BCUT2D eigenvalue weighted by Gasteiger charge is -2.29. The Kier molecular flexibility index (Phi) is 6.73. The average molecular weight is 594 g/mol. The number of para-hydroxylation sites is 2. The second-order valence-corrected chi connectivity index (χ2v) is 13.0. The highest BCUT2D eigenvalue weighted by molar-refractivity contribution is 6.15. The molecule has 0 N–H and O–H groups in total. The summed E-state index contributed by atoms with van der Waals surface area (Å²) in [6, 6.07) is 56.6. The van der Waals surface area contributed by atoms with E-state index in [0.717, 1.165) is 39.0 Å². The van der Waals surface area contributed by atoms with E-state index < -0.39 is 0 Å². The molecule has 0 aliphatic heterocycles. The summed E-state index contributed by atoms with van der Waals surface area (Å²) in [6.45, 7) is 6.79. The van der Waals surface area contributed by atoms with Gasteiger partial charge in [-0.1, -0.05) is 142 Å². The van der Waals surface area contributed by atoms with Crippen molar-refractivity contribution in [1.82, 2.24) is 0 Å². The number of fused-ring (bicyclic) bond motifs is 4. The summed E-state index contributed by atoms with van der Waals surface area (Å²) in [4.78, 5) is 2.41. The average Bonchev–Trinajstić information content (AvgIpc) is 3.48. The Hall–Kier alpha value is -5.60. The van der Waals surface area contributed by atoms with Crippen LogP contribution in [0.1, 0.15) is 26.3 Å². The number of hydrogen-bond donors (Lipinski definition) is 0. The zero-order valence-corrected chi connectivity index (χ0v) is 26.4. The van der Waals surface area contributed by atoms with Crippen molar-refractivity contribution < 1.29 is 4.42 Å². The molecule has 0 aliphatic carbocycles. The zero-order chi connectivity index (χ0) is 31.3. The highest BCUT2D eigenvalue weighted by Gasteiger charge is 2.23. The number of benzene rings is 7. The lowest BCUT2D eigenvalue weighted by molar-refractivity contribution is 0.590. The van der Waals surface area contributed by atoms with Crippen molar-refractivity contribution in [3.05, 3.63) is 163 Å². The normalized spacial score (nSPS) is 11.8. The number of anilines is 3. The minimum Gasteiger partial charge on any atom is -0.456 e. The summed E-state index contributed by atoms with van der Waals surface area (Å²) >= 11 is 0. The van der Waals surface area contributed by atoms with Gasteiger partial charge in [0.15, 0.2) is 0 Å².